The highest BCUT2D eigenvalue weighted by Crippen LogP contribution is 2.29. The molecule has 0 radical (unpaired) electrons. The van der Waals surface area contributed by atoms with Crippen LogP contribution in [0.15, 0.2) is 73.1 Å². The number of amides is 1. The summed E-state index contributed by atoms with van der Waals surface area (Å²) in [5.41, 5.74) is 3.85. The number of nitrogens with zero attached hydrogens (tertiary/aromatic N) is 3. The van der Waals surface area contributed by atoms with Crippen molar-refractivity contribution in [3.63, 3.8) is 0 Å². The summed E-state index contributed by atoms with van der Waals surface area (Å²) >= 11 is 1.54. The fraction of sp³-hybridized carbons (Fsp3) is 0.240. The SMILES string of the molecule is O=C(NC1CCN(Cc2ccccc2)CC1)c1ccc2nc(Nc3ccncc3)sc2c1. The van der Waals surface area contributed by atoms with Crippen molar-refractivity contribution in [3.05, 3.63) is 84.2 Å². The lowest BCUT2D eigenvalue weighted by Gasteiger charge is -2.32. The number of pyridine rings is 1. The third kappa shape index (κ3) is 4.95. The van der Waals surface area contributed by atoms with Gasteiger partial charge in [-0.25, -0.2) is 4.98 Å². The summed E-state index contributed by atoms with van der Waals surface area (Å²) in [7, 11) is 0. The van der Waals surface area contributed by atoms with E-state index < -0.39 is 0 Å². The molecule has 162 valence electrons. The van der Waals surface area contributed by atoms with Gasteiger partial charge in [0.15, 0.2) is 5.13 Å². The van der Waals surface area contributed by atoms with E-state index in [1.807, 2.05) is 36.4 Å². The molecule has 0 bridgehead atoms. The van der Waals surface area contributed by atoms with E-state index >= 15 is 0 Å². The number of hydrogen-bond donors (Lipinski definition) is 2. The van der Waals surface area contributed by atoms with Crippen LogP contribution in [0.3, 0.4) is 0 Å². The highest BCUT2D eigenvalue weighted by atomic mass is 32.1. The second-order valence-corrected chi connectivity index (χ2v) is 9.10. The van der Waals surface area contributed by atoms with Gasteiger partial charge in [-0.15, -0.1) is 0 Å². The third-order valence-electron chi connectivity index (χ3n) is 5.75. The van der Waals surface area contributed by atoms with Crippen LogP contribution in [0.1, 0.15) is 28.8 Å². The monoisotopic (exact) mass is 443 g/mol. The first kappa shape index (κ1) is 20.6. The molecular weight excluding hydrogens is 418 g/mol. The molecule has 0 spiro atoms. The number of carbonyl (C=O) groups excluding carboxylic acids is 1. The minimum absolute atomic E-state index is 0.00884. The maximum absolute atomic E-state index is 12.9. The molecule has 0 aliphatic carbocycles. The minimum Gasteiger partial charge on any atom is -0.349 e. The van der Waals surface area contributed by atoms with Gasteiger partial charge in [0.1, 0.15) is 0 Å². The highest BCUT2D eigenvalue weighted by molar-refractivity contribution is 7.22. The maximum Gasteiger partial charge on any atom is 0.251 e. The highest BCUT2D eigenvalue weighted by Gasteiger charge is 2.21. The van der Waals surface area contributed by atoms with Gasteiger partial charge >= 0.3 is 0 Å². The Morgan fingerprint density at radius 3 is 2.59 bits per heavy atom. The average Bonchev–Trinajstić information content (AvgIpc) is 3.23. The van der Waals surface area contributed by atoms with Crippen molar-refractivity contribution in [2.24, 2.45) is 0 Å². The second-order valence-electron chi connectivity index (χ2n) is 8.07. The standard InChI is InChI=1S/C25H25N5OS/c31-24(27-21-10-14-30(15-11-21)17-18-4-2-1-3-5-18)19-6-7-22-23(16-19)32-25(29-22)28-20-8-12-26-13-9-20/h1-9,12-13,16,21H,10-11,14-15,17H2,(H,27,31)(H,26,28,29). The largest absolute Gasteiger partial charge is 0.349 e. The molecule has 6 nitrogen and oxygen atoms in total. The van der Waals surface area contributed by atoms with Crippen molar-refractivity contribution in [2.45, 2.75) is 25.4 Å². The fourth-order valence-electron chi connectivity index (χ4n) is 4.02. The predicted molar refractivity (Wildman–Crippen MR) is 129 cm³/mol. The number of rotatable bonds is 6. The van der Waals surface area contributed by atoms with Gasteiger partial charge in [-0.1, -0.05) is 41.7 Å². The summed E-state index contributed by atoms with van der Waals surface area (Å²) in [6.07, 6.45) is 5.43. The molecule has 5 rings (SSSR count). The van der Waals surface area contributed by atoms with Crippen molar-refractivity contribution in [1.82, 2.24) is 20.2 Å². The summed E-state index contributed by atoms with van der Waals surface area (Å²) in [4.78, 5) is 24.0. The smallest absolute Gasteiger partial charge is 0.251 e. The van der Waals surface area contributed by atoms with Crippen LogP contribution in [0.2, 0.25) is 0 Å². The van der Waals surface area contributed by atoms with Crippen LogP contribution in [-0.2, 0) is 6.54 Å². The van der Waals surface area contributed by atoms with E-state index in [4.69, 9.17) is 0 Å². The molecule has 1 aliphatic rings. The van der Waals surface area contributed by atoms with Crippen LogP contribution in [-0.4, -0.2) is 39.9 Å². The zero-order valence-electron chi connectivity index (χ0n) is 17.7. The van der Waals surface area contributed by atoms with Crippen LogP contribution in [0.4, 0.5) is 10.8 Å². The normalized spacial score (nSPS) is 15.0. The summed E-state index contributed by atoms with van der Waals surface area (Å²) in [5.74, 6) is -0.00884. The Kier molecular flexibility index (Phi) is 6.09. The van der Waals surface area contributed by atoms with Gasteiger partial charge in [0, 0.05) is 49.3 Å². The maximum atomic E-state index is 12.9. The topological polar surface area (TPSA) is 70.2 Å². The van der Waals surface area contributed by atoms with Gasteiger partial charge in [0.05, 0.1) is 10.2 Å². The number of anilines is 2. The third-order valence-corrected chi connectivity index (χ3v) is 6.69. The van der Waals surface area contributed by atoms with E-state index in [-0.39, 0.29) is 11.9 Å². The molecule has 2 N–H and O–H groups in total. The quantitative estimate of drug-likeness (QED) is 0.447. The molecule has 0 saturated carbocycles. The van der Waals surface area contributed by atoms with Gasteiger partial charge in [-0.2, -0.15) is 0 Å². The van der Waals surface area contributed by atoms with Crippen LogP contribution in [0.5, 0.6) is 0 Å². The molecule has 32 heavy (non-hydrogen) atoms. The van der Waals surface area contributed by atoms with Crippen LogP contribution >= 0.6 is 11.3 Å². The van der Waals surface area contributed by atoms with Crippen LogP contribution in [0, 0.1) is 0 Å². The lowest BCUT2D eigenvalue weighted by atomic mass is 10.0. The Hall–Kier alpha value is -3.29. The second kappa shape index (κ2) is 9.46. The van der Waals surface area contributed by atoms with Crippen molar-refractivity contribution < 1.29 is 4.79 Å². The zero-order chi connectivity index (χ0) is 21.8. The van der Waals surface area contributed by atoms with Gasteiger partial charge in [-0.05, 0) is 48.7 Å². The number of carbonyl (C=O) groups is 1. The summed E-state index contributed by atoms with van der Waals surface area (Å²) in [5, 5.41) is 7.32. The Morgan fingerprint density at radius 1 is 1.03 bits per heavy atom. The zero-order valence-corrected chi connectivity index (χ0v) is 18.5. The first-order chi connectivity index (χ1) is 15.7. The molecule has 3 heterocycles. The molecule has 2 aromatic carbocycles. The average molecular weight is 444 g/mol. The first-order valence-corrected chi connectivity index (χ1v) is 11.7. The number of likely N-dealkylation sites (tertiary alicyclic amines) is 1. The number of hydrogen-bond acceptors (Lipinski definition) is 6. The van der Waals surface area contributed by atoms with E-state index in [0.29, 0.717) is 5.56 Å². The van der Waals surface area contributed by atoms with Crippen molar-refractivity contribution in [2.75, 3.05) is 18.4 Å². The molecule has 1 fully saturated rings. The van der Waals surface area contributed by atoms with Crippen molar-refractivity contribution in [3.8, 4) is 0 Å². The molecule has 4 aromatic rings. The van der Waals surface area contributed by atoms with E-state index in [2.05, 4.69) is 49.8 Å². The number of aromatic nitrogens is 2. The number of piperidine rings is 1. The number of fused-ring (bicyclic) bond motifs is 1. The number of benzene rings is 2. The first-order valence-electron chi connectivity index (χ1n) is 10.9. The van der Waals surface area contributed by atoms with Crippen molar-refractivity contribution in [1.29, 1.82) is 0 Å². The van der Waals surface area contributed by atoms with E-state index in [9.17, 15) is 4.79 Å². The minimum atomic E-state index is -0.00884. The van der Waals surface area contributed by atoms with Crippen LogP contribution < -0.4 is 10.6 Å². The molecule has 0 atom stereocenters. The summed E-state index contributed by atoms with van der Waals surface area (Å²) in [6.45, 7) is 2.97. The molecule has 2 aromatic heterocycles. The fourth-order valence-corrected chi connectivity index (χ4v) is 4.95. The molecule has 1 amide bonds. The molecule has 7 heteroatoms. The summed E-state index contributed by atoms with van der Waals surface area (Å²) < 4.78 is 0.992. The Bertz CT molecular complexity index is 1190. The van der Waals surface area contributed by atoms with Gasteiger partial charge in [-0.3, -0.25) is 14.7 Å². The lowest BCUT2D eigenvalue weighted by molar-refractivity contribution is 0.0909. The summed E-state index contributed by atoms with van der Waals surface area (Å²) in [6, 6.07) is 20.3. The van der Waals surface area contributed by atoms with E-state index in [1.165, 1.54) is 5.56 Å². The van der Waals surface area contributed by atoms with Crippen molar-refractivity contribution >= 4 is 38.3 Å². The Balaban J connectivity index is 1.18. The molecule has 1 aliphatic heterocycles. The van der Waals surface area contributed by atoms with Gasteiger partial charge in [0.25, 0.3) is 5.91 Å². The Morgan fingerprint density at radius 2 is 1.81 bits per heavy atom. The number of nitrogens with one attached hydrogen (secondary N) is 2. The van der Waals surface area contributed by atoms with Crippen LogP contribution in [0.25, 0.3) is 10.2 Å². The molecule has 1 saturated heterocycles. The van der Waals surface area contributed by atoms with Gasteiger partial charge < -0.3 is 10.6 Å². The van der Waals surface area contributed by atoms with E-state index in [0.717, 1.165) is 53.5 Å². The van der Waals surface area contributed by atoms with Gasteiger partial charge in [0.2, 0.25) is 0 Å². The molecular formula is C25H25N5OS. The molecule has 0 unspecified atom stereocenters. The van der Waals surface area contributed by atoms with E-state index in [1.54, 1.807) is 23.7 Å². The lowest BCUT2D eigenvalue weighted by Crippen LogP contribution is -2.44. The Labute approximate surface area is 191 Å². The predicted octanol–water partition coefficient (Wildman–Crippen LogP) is 4.83. The number of thiazole rings is 1.